The molecule has 1 aliphatic heterocycles. The van der Waals surface area contributed by atoms with Gasteiger partial charge in [-0.15, -0.1) is 23.7 Å². The molecule has 0 spiro atoms. The molecular weight excluding hydrogens is 371 g/mol. The molecular formula is C17H21ClF3N3S. The first-order chi connectivity index (χ1) is 11.5. The van der Waals surface area contributed by atoms with Crippen LogP contribution in [0.15, 0.2) is 30.5 Å². The minimum atomic E-state index is -4.31. The number of piperazine rings is 1. The van der Waals surface area contributed by atoms with E-state index < -0.39 is 11.1 Å². The molecule has 1 fully saturated rings. The van der Waals surface area contributed by atoms with Gasteiger partial charge >= 0.3 is 6.18 Å². The van der Waals surface area contributed by atoms with Gasteiger partial charge in [-0.1, -0.05) is 31.2 Å². The Morgan fingerprint density at radius 2 is 2.00 bits per heavy atom. The van der Waals surface area contributed by atoms with Crippen LogP contribution in [0.2, 0.25) is 0 Å². The van der Waals surface area contributed by atoms with Crippen molar-refractivity contribution in [3.63, 3.8) is 0 Å². The second-order valence-electron chi connectivity index (χ2n) is 5.90. The Morgan fingerprint density at radius 3 is 2.60 bits per heavy atom. The molecule has 1 unspecified atom stereocenters. The average molecular weight is 392 g/mol. The number of thiazole rings is 1. The van der Waals surface area contributed by atoms with Gasteiger partial charge in [0, 0.05) is 25.7 Å². The van der Waals surface area contributed by atoms with Crippen LogP contribution in [0, 0.1) is 0 Å². The summed E-state index contributed by atoms with van der Waals surface area (Å²) in [6.45, 7) is 4.98. The molecule has 25 heavy (non-hydrogen) atoms. The van der Waals surface area contributed by atoms with Crippen LogP contribution in [0.1, 0.15) is 34.0 Å². The van der Waals surface area contributed by atoms with Crippen molar-refractivity contribution in [1.29, 1.82) is 0 Å². The van der Waals surface area contributed by atoms with Crippen molar-refractivity contribution in [2.24, 2.45) is 0 Å². The van der Waals surface area contributed by atoms with E-state index in [0.29, 0.717) is 11.6 Å². The quantitative estimate of drug-likeness (QED) is 0.842. The van der Waals surface area contributed by atoms with E-state index in [-0.39, 0.29) is 18.4 Å². The second-order valence-corrected chi connectivity index (χ2v) is 7.02. The summed E-state index contributed by atoms with van der Waals surface area (Å²) in [5.41, 5.74) is 2.47. The Bertz CT molecular complexity index is 673. The third-order valence-electron chi connectivity index (χ3n) is 4.30. The summed E-state index contributed by atoms with van der Waals surface area (Å²) in [7, 11) is 0. The van der Waals surface area contributed by atoms with Crippen LogP contribution in [0.4, 0.5) is 13.2 Å². The van der Waals surface area contributed by atoms with Gasteiger partial charge in [-0.25, -0.2) is 4.98 Å². The molecule has 1 aromatic carbocycles. The van der Waals surface area contributed by atoms with Crippen LogP contribution in [0.3, 0.4) is 0 Å². The van der Waals surface area contributed by atoms with Gasteiger partial charge in [0.2, 0.25) is 0 Å². The highest BCUT2D eigenvalue weighted by Gasteiger charge is 2.34. The number of aryl methyl sites for hydroxylation is 1. The van der Waals surface area contributed by atoms with Gasteiger partial charge in [0.05, 0.1) is 12.7 Å². The molecule has 1 N–H and O–H groups in total. The number of nitrogens with zero attached hydrogens (tertiary/aromatic N) is 2. The van der Waals surface area contributed by atoms with Crippen LogP contribution < -0.4 is 5.32 Å². The number of halogens is 4. The van der Waals surface area contributed by atoms with Gasteiger partial charge in [0.15, 0.2) is 0 Å². The number of rotatable bonds is 4. The van der Waals surface area contributed by atoms with E-state index in [9.17, 15) is 13.2 Å². The fraction of sp³-hybridized carbons (Fsp3) is 0.471. The summed E-state index contributed by atoms with van der Waals surface area (Å²) in [6, 6.07) is 8.63. The Morgan fingerprint density at radius 1 is 1.28 bits per heavy atom. The average Bonchev–Trinajstić information content (AvgIpc) is 3.04. The van der Waals surface area contributed by atoms with Crippen LogP contribution in [-0.2, 0) is 19.1 Å². The fourth-order valence-electron chi connectivity index (χ4n) is 2.93. The predicted octanol–water partition coefficient (Wildman–Crippen LogP) is 4.29. The zero-order valence-electron chi connectivity index (χ0n) is 13.8. The molecule has 1 saturated heterocycles. The lowest BCUT2D eigenvalue weighted by molar-refractivity contribution is -0.134. The number of aromatic nitrogens is 1. The lowest BCUT2D eigenvalue weighted by atomic mass is 10.0. The Labute approximate surface area is 155 Å². The molecule has 3 nitrogen and oxygen atoms in total. The molecule has 3 rings (SSSR count). The fourth-order valence-corrected chi connectivity index (χ4v) is 3.74. The van der Waals surface area contributed by atoms with E-state index in [1.807, 2.05) is 0 Å². The standard InChI is InChI=1S/C17H20F3N3S.ClH/c1-2-12-3-5-13(6-4-12)14-9-21-7-8-23(14)11-16-22-10-15(24-16)17(18,19)20;/h3-6,10,14,21H,2,7-9,11H2,1H3;1H. The molecule has 1 aromatic heterocycles. The highest BCUT2D eigenvalue weighted by Crippen LogP contribution is 2.34. The van der Waals surface area contributed by atoms with Crippen LogP contribution in [0.5, 0.6) is 0 Å². The first-order valence-electron chi connectivity index (χ1n) is 8.03. The van der Waals surface area contributed by atoms with E-state index in [1.54, 1.807) is 0 Å². The summed E-state index contributed by atoms with van der Waals surface area (Å²) >= 11 is 0.739. The van der Waals surface area contributed by atoms with E-state index in [2.05, 4.69) is 46.4 Å². The molecule has 1 aliphatic rings. The monoisotopic (exact) mass is 391 g/mol. The molecule has 2 aromatic rings. The topological polar surface area (TPSA) is 28.2 Å². The lowest BCUT2D eigenvalue weighted by Crippen LogP contribution is -2.45. The predicted molar refractivity (Wildman–Crippen MR) is 96.2 cm³/mol. The molecule has 1 atom stereocenters. The van der Waals surface area contributed by atoms with Gasteiger partial charge in [0.1, 0.15) is 9.88 Å². The van der Waals surface area contributed by atoms with Crippen molar-refractivity contribution in [3.05, 3.63) is 51.5 Å². The minimum Gasteiger partial charge on any atom is -0.314 e. The van der Waals surface area contributed by atoms with Gasteiger partial charge in [-0.05, 0) is 17.5 Å². The normalized spacial score (nSPS) is 18.8. The zero-order valence-corrected chi connectivity index (χ0v) is 15.5. The molecule has 0 bridgehead atoms. The lowest BCUT2D eigenvalue weighted by Gasteiger charge is -2.36. The van der Waals surface area contributed by atoms with E-state index in [4.69, 9.17) is 0 Å². The summed E-state index contributed by atoms with van der Waals surface area (Å²) in [4.78, 5) is 5.55. The molecule has 138 valence electrons. The van der Waals surface area contributed by atoms with E-state index in [0.717, 1.165) is 43.6 Å². The van der Waals surface area contributed by atoms with Crippen molar-refractivity contribution < 1.29 is 13.2 Å². The second kappa shape index (κ2) is 8.49. The summed E-state index contributed by atoms with van der Waals surface area (Å²) in [6.07, 6.45) is -2.38. The highest BCUT2D eigenvalue weighted by molar-refractivity contribution is 7.11. The van der Waals surface area contributed by atoms with Gasteiger partial charge < -0.3 is 5.32 Å². The summed E-state index contributed by atoms with van der Waals surface area (Å²) in [5, 5.41) is 3.88. The SMILES string of the molecule is CCc1ccc(C2CNCCN2Cc2ncc(C(F)(F)F)s2)cc1.Cl. The molecule has 0 radical (unpaired) electrons. The number of nitrogens with one attached hydrogen (secondary N) is 1. The van der Waals surface area contributed by atoms with Crippen molar-refractivity contribution in [3.8, 4) is 0 Å². The van der Waals surface area contributed by atoms with Crippen molar-refractivity contribution in [1.82, 2.24) is 15.2 Å². The van der Waals surface area contributed by atoms with Crippen molar-refractivity contribution >= 4 is 23.7 Å². The van der Waals surface area contributed by atoms with Gasteiger partial charge in [-0.3, -0.25) is 4.90 Å². The molecule has 8 heteroatoms. The Hall–Kier alpha value is -1.15. The Kier molecular flexibility index (Phi) is 6.85. The molecule has 0 amide bonds. The first kappa shape index (κ1) is 20.2. The maximum absolute atomic E-state index is 12.7. The van der Waals surface area contributed by atoms with Gasteiger partial charge in [0.25, 0.3) is 0 Å². The van der Waals surface area contributed by atoms with Crippen molar-refractivity contribution in [2.45, 2.75) is 32.1 Å². The van der Waals surface area contributed by atoms with Crippen LogP contribution in [-0.4, -0.2) is 29.5 Å². The third-order valence-corrected chi connectivity index (χ3v) is 5.33. The first-order valence-corrected chi connectivity index (χ1v) is 8.84. The Balaban J connectivity index is 0.00000225. The largest absolute Gasteiger partial charge is 0.427 e. The maximum atomic E-state index is 12.7. The molecule has 2 heterocycles. The highest BCUT2D eigenvalue weighted by atomic mass is 35.5. The third kappa shape index (κ3) is 4.94. The minimum absolute atomic E-state index is 0. The van der Waals surface area contributed by atoms with Gasteiger partial charge in [-0.2, -0.15) is 13.2 Å². The van der Waals surface area contributed by atoms with Crippen LogP contribution in [0.25, 0.3) is 0 Å². The number of benzene rings is 1. The zero-order chi connectivity index (χ0) is 17.2. The maximum Gasteiger partial charge on any atom is 0.427 e. The smallest absolute Gasteiger partial charge is 0.314 e. The molecule has 0 saturated carbocycles. The summed E-state index contributed by atoms with van der Waals surface area (Å²) in [5.74, 6) is 0. The number of hydrogen-bond donors (Lipinski definition) is 1. The number of alkyl halides is 3. The van der Waals surface area contributed by atoms with E-state index >= 15 is 0 Å². The van der Waals surface area contributed by atoms with Crippen molar-refractivity contribution in [2.75, 3.05) is 19.6 Å². The van der Waals surface area contributed by atoms with E-state index in [1.165, 1.54) is 11.1 Å². The summed E-state index contributed by atoms with van der Waals surface area (Å²) < 4.78 is 38.2. The van der Waals surface area contributed by atoms with Crippen LogP contribution >= 0.6 is 23.7 Å². The number of hydrogen-bond acceptors (Lipinski definition) is 4. The molecule has 0 aliphatic carbocycles.